The Balaban J connectivity index is 1.39. The summed E-state index contributed by atoms with van der Waals surface area (Å²) in [6.45, 7) is 4.02. The predicted molar refractivity (Wildman–Crippen MR) is 96.7 cm³/mol. The maximum absolute atomic E-state index is 11.8. The molecule has 0 amide bonds. The highest BCUT2D eigenvalue weighted by molar-refractivity contribution is 7.89. The summed E-state index contributed by atoms with van der Waals surface area (Å²) in [6, 6.07) is 1.22. The van der Waals surface area contributed by atoms with Crippen LogP contribution in [0.2, 0.25) is 0 Å². The van der Waals surface area contributed by atoms with Gasteiger partial charge in [-0.1, -0.05) is 12.8 Å². The van der Waals surface area contributed by atoms with Crippen molar-refractivity contribution in [3.05, 3.63) is 0 Å². The minimum atomic E-state index is -3.00. The van der Waals surface area contributed by atoms with Crippen LogP contribution in [0.25, 0.3) is 0 Å². The zero-order chi connectivity index (χ0) is 17.0. The lowest BCUT2D eigenvalue weighted by Gasteiger charge is -2.24. The number of hydrogen-bond donors (Lipinski definition) is 2. The minimum absolute atomic E-state index is 0.291. The lowest BCUT2D eigenvalue weighted by Crippen LogP contribution is -2.47. The molecule has 1 saturated carbocycles. The van der Waals surface area contributed by atoms with Crippen molar-refractivity contribution in [1.82, 2.24) is 19.8 Å². The van der Waals surface area contributed by atoms with Gasteiger partial charge < -0.3 is 10.6 Å². The zero-order valence-corrected chi connectivity index (χ0v) is 15.5. The summed E-state index contributed by atoms with van der Waals surface area (Å²) >= 11 is 0. The van der Waals surface area contributed by atoms with E-state index in [4.69, 9.17) is 0 Å². The molecular formula is C16H31N5O2S. The van der Waals surface area contributed by atoms with Crippen LogP contribution in [0, 0.1) is 0 Å². The molecular weight excluding hydrogens is 326 g/mol. The first kappa shape index (κ1) is 17.9. The molecule has 3 aliphatic rings. The number of nitrogens with one attached hydrogen (secondary N) is 2. The highest BCUT2D eigenvalue weighted by Crippen LogP contribution is 2.26. The van der Waals surface area contributed by atoms with Crippen molar-refractivity contribution in [1.29, 1.82) is 0 Å². The standard InChI is InChI=1S/C16H31N5O2S/c1-17-16(18-8-11-21-9-4-12-24(21,22)23)19-14-7-10-20(13-14)15-5-2-3-6-15/h14-15H,2-13H2,1H3,(H2,17,18,19). The Bertz CT molecular complexity index is 545. The lowest BCUT2D eigenvalue weighted by molar-refractivity contribution is 0.242. The van der Waals surface area contributed by atoms with Crippen molar-refractivity contribution in [3.63, 3.8) is 0 Å². The number of nitrogens with zero attached hydrogens (tertiary/aromatic N) is 3. The van der Waals surface area contributed by atoms with Crippen LogP contribution < -0.4 is 10.6 Å². The zero-order valence-electron chi connectivity index (χ0n) is 14.7. The summed E-state index contributed by atoms with van der Waals surface area (Å²) in [4.78, 5) is 6.90. The fourth-order valence-corrected chi connectivity index (χ4v) is 5.66. The second-order valence-corrected chi connectivity index (χ2v) is 9.22. The van der Waals surface area contributed by atoms with Gasteiger partial charge in [0, 0.05) is 51.9 Å². The van der Waals surface area contributed by atoms with Crippen LogP contribution >= 0.6 is 0 Å². The topological polar surface area (TPSA) is 77.0 Å². The van der Waals surface area contributed by atoms with Crippen molar-refractivity contribution in [2.75, 3.05) is 45.5 Å². The minimum Gasteiger partial charge on any atom is -0.355 e. The number of rotatable bonds is 5. The Morgan fingerprint density at radius 3 is 2.62 bits per heavy atom. The maximum atomic E-state index is 11.8. The third-order valence-electron chi connectivity index (χ3n) is 5.48. The smallest absolute Gasteiger partial charge is 0.214 e. The van der Waals surface area contributed by atoms with E-state index in [1.165, 1.54) is 32.2 Å². The van der Waals surface area contributed by atoms with E-state index in [0.717, 1.165) is 31.4 Å². The molecule has 1 atom stereocenters. The molecule has 0 aromatic rings. The first-order chi connectivity index (χ1) is 11.6. The van der Waals surface area contributed by atoms with Crippen molar-refractivity contribution in [3.8, 4) is 0 Å². The van der Waals surface area contributed by atoms with Crippen LogP contribution in [0.15, 0.2) is 4.99 Å². The van der Waals surface area contributed by atoms with E-state index >= 15 is 0 Å². The van der Waals surface area contributed by atoms with Gasteiger partial charge in [0.05, 0.1) is 5.75 Å². The summed E-state index contributed by atoms with van der Waals surface area (Å²) in [5.41, 5.74) is 0. The quantitative estimate of drug-likeness (QED) is 0.543. The highest BCUT2D eigenvalue weighted by atomic mass is 32.2. The second-order valence-electron chi connectivity index (χ2n) is 7.13. The van der Waals surface area contributed by atoms with E-state index in [0.29, 0.717) is 31.4 Å². The number of guanidine groups is 1. The summed E-state index contributed by atoms with van der Waals surface area (Å²) in [5.74, 6) is 1.07. The molecule has 2 aliphatic heterocycles. The van der Waals surface area contributed by atoms with E-state index in [2.05, 4.69) is 20.5 Å². The van der Waals surface area contributed by atoms with E-state index in [-0.39, 0.29) is 0 Å². The maximum Gasteiger partial charge on any atom is 0.214 e. The van der Waals surface area contributed by atoms with Gasteiger partial charge >= 0.3 is 0 Å². The van der Waals surface area contributed by atoms with Gasteiger partial charge in [0.2, 0.25) is 10.0 Å². The molecule has 3 rings (SSSR count). The number of likely N-dealkylation sites (tertiary alicyclic amines) is 1. The van der Waals surface area contributed by atoms with Crippen LogP contribution in [0.5, 0.6) is 0 Å². The van der Waals surface area contributed by atoms with Crippen LogP contribution in [0.3, 0.4) is 0 Å². The van der Waals surface area contributed by atoms with Crippen LogP contribution in [0.4, 0.5) is 0 Å². The highest BCUT2D eigenvalue weighted by Gasteiger charge is 2.30. The summed E-state index contributed by atoms with van der Waals surface area (Å²) in [5, 5.41) is 6.75. The SMILES string of the molecule is CN=C(NCCN1CCCS1(=O)=O)NC1CCN(C2CCCC2)C1. The molecule has 0 aromatic carbocycles. The normalized spacial score (nSPS) is 29.4. The van der Waals surface area contributed by atoms with Gasteiger partial charge in [-0.3, -0.25) is 9.89 Å². The summed E-state index contributed by atoms with van der Waals surface area (Å²) in [6.07, 6.45) is 7.35. The van der Waals surface area contributed by atoms with Gasteiger partial charge in [-0.25, -0.2) is 12.7 Å². The predicted octanol–water partition coefficient (Wildman–Crippen LogP) is 0.204. The molecule has 1 unspecified atom stereocenters. The Kier molecular flexibility index (Phi) is 5.99. The second kappa shape index (κ2) is 8.01. The number of hydrogen-bond acceptors (Lipinski definition) is 4. The number of sulfonamides is 1. The van der Waals surface area contributed by atoms with Crippen LogP contribution in [-0.4, -0.2) is 81.2 Å². The Hall–Kier alpha value is -0.860. The van der Waals surface area contributed by atoms with E-state index < -0.39 is 10.0 Å². The fraction of sp³-hybridized carbons (Fsp3) is 0.938. The third kappa shape index (κ3) is 4.40. The van der Waals surface area contributed by atoms with Gasteiger partial charge in [0.1, 0.15) is 0 Å². The van der Waals surface area contributed by atoms with Crippen LogP contribution in [0.1, 0.15) is 38.5 Å². The molecule has 0 bridgehead atoms. The average Bonchev–Trinajstić information content (AvgIpc) is 3.27. The van der Waals surface area contributed by atoms with Crippen molar-refractivity contribution >= 4 is 16.0 Å². The average molecular weight is 358 g/mol. The third-order valence-corrected chi connectivity index (χ3v) is 7.44. The van der Waals surface area contributed by atoms with Gasteiger partial charge in [-0.15, -0.1) is 0 Å². The molecule has 1 aliphatic carbocycles. The first-order valence-corrected chi connectivity index (χ1v) is 10.9. The molecule has 138 valence electrons. The van der Waals surface area contributed by atoms with Gasteiger partial charge in [0.25, 0.3) is 0 Å². The van der Waals surface area contributed by atoms with Gasteiger partial charge in [-0.05, 0) is 25.7 Å². The molecule has 8 heteroatoms. The molecule has 0 radical (unpaired) electrons. The van der Waals surface area contributed by atoms with Gasteiger partial charge in [0.15, 0.2) is 5.96 Å². The Morgan fingerprint density at radius 1 is 1.17 bits per heavy atom. The first-order valence-electron chi connectivity index (χ1n) is 9.27. The molecule has 3 fully saturated rings. The molecule has 0 spiro atoms. The summed E-state index contributed by atoms with van der Waals surface area (Å²) < 4.78 is 25.2. The van der Waals surface area contributed by atoms with E-state index in [1.54, 1.807) is 11.4 Å². The monoisotopic (exact) mass is 357 g/mol. The Morgan fingerprint density at radius 2 is 1.96 bits per heavy atom. The number of aliphatic imine (C=N–C) groups is 1. The van der Waals surface area contributed by atoms with Crippen molar-refractivity contribution in [2.24, 2.45) is 4.99 Å². The van der Waals surface area contributed by atoms with Gasteiger partial charge in [-0.2, -0.15) is 0 Å². The Labute approximate surface area is 145 Å². The largest absolute Gasteiger partial charge is 0.355 e. The van der Waals surface area contributed by atoms with E-state index in [1.807, 2.05) is 0 Å². The van der Waals surface area contributed by atoms with Crippen molar-refractivity contribution in [2.45, 2.75) is 50.6 Å². The lowest BCUT2D eigenvalue weighted by atomic mass is 10.2. The molecule has 2 saturated heterocycles. The molecule has 2 heterocycles. The molecule has 2 N–H and O–H groups in total. The summed E-state index contributed by atoms with van der Waals surface area (Å²) in [7, 11) is -1.24. The van der Waals surface area contributed by atoms with E-state index in [9.17, 15) is 8.42 Å². The molecule has 0 aromatic heterocycles. The van der Waals surface area contributed by atoms with Crippen LogP contribution in [-0.2, 0) is 10.0 Å². The van der Waals surface area contributed by atoms with Crippen molar-refractivity contribution < 1.29 is 8.42 Å². The molecule has 24 heavy (non-hydrogen) atoms. The molecule has 7 nitrogen and oxygen atoms in total. The fourth-order valence-electron chi connectivity index (χ4n) is 4.14.